The molecule has 32 heavy (non-hydrogen) atoms. The fraction of sp³-hybridized carbons (Fsp3) is 0.0417. The zero-order valence-electron chi connectivity index (χ0n) is 16.9. The van der Waals surface area contributed by atoms with Gasteiger partial charge in [-0.25, -0.2) is 9.78 Å². The summed E-state index contributed by atoms with van der Waals surface area (Å²) in [5.74, 6) is -0.425. The molecule has 0 radical (unpaired) electrons. The topological polar surface area (TPSA) is 111 Å². The third kappa shape index (κ3) is 3.14. The van der Waals surface area contributed by atoms with Crippen molar-refractivity contribution < 1.29 is 14.5 Å². The largest absolute Gasteiger partial charge is 0.465 e. The molecule has 0 saturated carbocycles. The lowest BCUT2D eigenvalue weighted by Crippen LogP contribution is -2.00. The number of pyridine rings is 2. The Morgan fingerprint density at radius 2 is 1.78 bits per heavy atom. The number of carbonyl (C=O) groups excluding carboxylic acids is 1. The highest BCUT2D eigenvalue weighted by atomic mass is 16.6. The Labute approximate surface area is 181 Å². The van der Waals surface area contributed by atoms with Gasteiger partial charge in [0, 0.05) is 58.1 Å². The molecule has 0 amide bonds. The van der Waals surface area contributed by atoms with Crippen molar-refractivity contribution in [1.82, 2.24) is 15.0 Å². The van der Waals surface area contributed by atoms with E-state index in [-0.39, 0.29) is 5.69 Å². The summed E-state index contributed by atoms with van der Waals surface area (Å²) in [6.07, 6.45) is 5.15. The smallest absolute Gasteiger partial charge is 0.337 e. The van der Waals surface area contributed by atoms with Gasteiger partial charge in [-0.3, -0.25) is 15.1 Å². The lowest BCUT2D eigenvalue weighted by molar-refractivity contribution is -0.384. The molecule has 3 heterocycles. The number of benzene rings is 2. The fourth-order valence-corrected chi connectivity index (χ4v) is 3.90. The predicted molar refractivity (Wildman–Crippen MR) is 120 cm³/mol. The van der Waals surface area contributed by atoms with Gasteiger partial charge in [0.05, 0.1) is 17.6 Å². The lowest BCUT2D eigenvalue weighted by atomic mass is 9.93. The third-order valence-electron chi connectivity index (χ3n) is 5.40. The first-order valence-corrected chi connectivity index (χ1v) is 9.75. The number of nitrogens with one attached hydrogen (secondary N) is 1. The molecule has 0 unspecified atom stereocenters. The first-order valence-electron chi connectivity index (χ1n) is 9.75. The number of rotatable bonds is 4. The van der Waals surface area contributed by atoms with Crippen LogP contribution in [0.2, 0.25) is 0 Å². The minimum atomic E-state index is -0.428. The van der Waals surface area contributed by atoms with Crippen molar-refractivity contribution >= 4 is 33.6 Å². The van der Waals surface area contributed by atoms with Crippen LogP contribution in [0.1, 0.15) is 10.4 Å². The molecule has 156 valence electrons. The highest BCUT2D eigenvalue weighted by molar-refractivity contribution is 6.17. The quantitative estimate of drug-likeness (QED) is 0.243. The molecular weight excluding hydrogens is 408 g/mol. The van der Waals surface area contributed by atoms with Crippen LogP contribution in [0.25, 0.3) is 44.2 Å². The number of aromatic amines is 1. The van der Waals surface area contributed by atoms with Gasteiger partial charge in [0.15, 0.2) is 0 Å². The van der Waals surface area contributed by atoms with Crippen molar-refractivity contribution in [1.29, 1.82) is 0 Å². The number of nitro groups is 1. The summed E-state index contributed by atoms with van der Waals surface area (Å²) in [6, 6.07) is 15.5. The molecule has 5 rings (SSSR count). The number of esters is 1. The van der Waals surface area contributed by atoms with Gasteiger partial charge < -0.3 is 9.72 Å². The summed E-state index contributed by atoms with van der Waals surface area (Å²) in [6.45, 7) is 0. The van der Waals surface area contributed by atoms with Gasteiger partial charge in [0.2, 0.25) is 0 Å². The Kier molecular flexibility index (Phi) is 4.59. The number of nitrogens with zero attached hydrogens (tertiary/aromatic N) is 3. The van der Waals surface area contributed by atoms with Crippen molar-refractivity contribution in [2.24, 2.45) is 0 Å². The molecule has 2 aromatic carbocycles. The molecule has 0 bridgehead atoms. The second-order valence-electron chi connectivity index (χ2n) is 7.19. The number of ether oxygens (including phenoxy) is 1. The average molecular weight is 424 g/mol. The number of H-pyrrole nitrogens is 1. The van der Waals surface area contributed by atoms with Crippen LogP contribution in [0.15, 0.2) is 73.2 Å². The Morgan fingerprint density at radius 3 is 2.47 bits per heavy atom. The number of fused-ring (bicyclic) bond motifs is 3. The van der Waals surface area contributed by atoms with Crippen LogP contribution >= 0.6 is 0 Å². The first-order chi connectivity index (χ1) is 15.6. The summed E-state index contributed by atoms with van der Waals surface area (Å²) in [7, 11) is 1.35. The van der Waals surface area contributed by atoms with E-state index in [2.05, 4.69) is 15.0 Å². The number of hydrogen-bond donors (Lipinski definition) is 1. The molecule has 8 nitrogen and oxygen atoms in total. The Morgan fingerprint density at radius 1 is 1.03 bits per heavy atom. The Bertz CT molecular complexity index is 1490. The van der Waals surface area contributed by atoms with Crippen LogP contribution in [-0.2, 0) is 4.74 Å². The zero-order valence-corrected chi connectivity index (χ0v) is 16.9. The van der Waals surface area contributed by atoms with E-state index in [1.54, 1.807) is 42.9 Å². The maximum atomic E-state index is 12.1. The summed E-state index contributed by atoms with van der Waals surface area (Å²) < 4.78 is 4.88. The molecular formula is C24H16N4O4. The molecule has 3 aromatic heterocycles. The number of aromatic nitrogens is 3. The first kappa shape index (κ1) is 19.4. The summed E-state index contributed by atoms with van der Waals surface area (Å²) in [5.41, 5.74) is 5.34. The van der Waals surface area contributed by atoms with Crippen molar-refractivity contribution in [3.8, 4) is 22.3 Å². The van der Waals surface area contributed by atoms with Gasteiger partial charge in [0.25, 0.3) is 5.69 Å². The monoisotopic (exact) mass is 424 g/mol. The molecule has 0 atom stereocenters. The van der Waals surface area contributed by atoms with E-state index in [0.717, 1.165) is 38.5 Å². The van der Waals surface area contributed by atoms with Crippen molar-refractivity contribution in [3.63, 3.8) is 0 Å². The predicted octanol–water partition coefficient (Wildman–Crippen LogP) is 5.14. The molecule has 0 fully saturated rings. The van der Waals surface area contributed by atoms with E-state index in [1.807, 2.05) is 18.2 Å². The minimum absolute atomic E-state index is 0.0167. The third-order valence-corrected chi connectivity index (χ3v) is 5.40. The van der Waals surface area contributed by atoms with Crippen LogP contribution < -0.4 is 0 Å². The van der Waals surface area contributed by atoms with E-state index < -0.39 is 10.9 Å². The van der Waals surface area contributed by atoms with Crippen LogP contribution in [0.3, 0.4) is 0 Å². The highest BCUT2D eigenvalue weighted by Crippen LogP contribution is 2.40. The molecule has 0 spiro atoms. The number of methoxy groups -OCH3 is 1. The van der Waals surface area contributed by atoms with E-state index in [4.69, 9.17) is 4.74 Å². The lowest BCUT2D eigenvalue weighted by Gasteiger charge is -2.12. The van der Waals surface area contributed by atoms with E-state index >= 15 is 0 Å². The summed E-state index contributed by atoms with van der Waals surface area (Å²) in [5, 5.41) is 12.7. The number of hydrogen-bond acceptors (Lipinski definition) is 6. The molecule has 0 aliphatic rings. The van der Waals surface area contributed by atoms with Crippen molar-refractivity contribution in [2.45, 2.75) is 0 Å². The molecule has 8 heteroatoms. The highest BCUT2D eigenvalue weighted by Gasteiger charge is 2.19. The van der Waals surface area contributed by atoms with Gasteiger partial charge >= 0.3 is 5.97 Å². The number of non-ortho nitro benzene ring substituents is 1. The molecule has 0 aliphatic heterocycles. The average Bonchev–Trinajstić information content (AvgIpc) is 3.21. The van der Waals surface area contributed by atoms with Crippen LogP contribution in [0.4, 0.5) is 5.69 Å². The second kappa shape index (κ2) is 7.59. The SMILES string of the molecule is COC(=O)c1ccc2[nH]c3ncc(-c4ccc([N+](=O)[O-])cc4)c(-c4ccncc4)c3c2c1. The molecule has 5 aromatic rings. The van der Waals surface area contributed by atoms with Gasteiger partial charge in [-0.1, -0.05) is 0 Å². The fourth-order valence-electron chi connectivity index (χ4n) is 3.90. The van der Waals surface area contributed by atoms with Crippen LogP contribution in [-0.4, -0.2) is 33.0 Å². The van der Waals surface area contributed by atoms with Crippen molar-refractivity contribution in [2.75, 3.05) is 7.11 Å². The van der Waals surface area contributed by atoms with Crippen LogP contribution in [0, 0.1) is 10.1 Å². The molecule has 1 N–H and O–H groups in total. The standard InChI is InChI=1S/C24H16N4O4/c1-32-24(29)16-4-7-20-18(12-16)22-21(15-8-10-25-11-9-15)19(13-26-23(22)27-20)14-2-5-17(6-3-14)28(30)31/h2-13H,1H3,(H,26,27). The van der Waals surface area contributed by atoms with E-state index in [0.29, 0.717) is 11.2 Å². The normalized spacial score (nSPS) is 11.0. The zero-order chi connectivity index (χ0) is 22.2. The number of carbonyl (C=O) groups is 1. The maximum absolute atomic E-state index is 12.1. The Balaban J connectivity index is 1.85. The number of nitro benzene ring substituents is 1. The molecule has 0 saturated heterocycles. The van der Waals surface area contributed by atoms with Gasteiger partial charge in [-0.05, 0) is 53.6 Å². The van der Waals surface area contributed by atoms with E-state index in [9.17, 15) is 14.9 Å². The van der Waals surface area contributed by atoms with Gasteiger partial charge in [-0.15, -0.1) is 0 Å². The Hall–Kier alpha value is -4.59. The maximum Gasteiger partial charge on any atom is 0.337 e. The summed E-state index contributed by atoms with van der Waals surface area (Å²) >= 11 is 0. The van der Waals surface area contributed by atoms with Crippen molar-refractivity contribution in [3.05, 3.63) is 88.9 Å². The second-order valence-corrected chi connectivity index (χ2v) is 7.19. The van der Waals surface area contributed by atoms with Crippen LogP contribution in [0.5, 0.6) is 0 Å². The minimum Gasteiger partial charge on any atom is -0.465 e. The van der Waals surface area contributed by atoms with Gasteiger partial charge in [0.1, 0.15) is 5.65 Å². The summed E-state index contributed by atoms with van der Waals surface area (Å²) in [4.78, 5) is 34.8. The van der Waals surface area contributed by atoms with E-state index in [1.165, 1.54) is 19.2 Å². The van der Waals surface area contributed by atoms with Gasteiger partial charge in [-0.2, -0.15) is 0 Å². The molecule has 0 aliphatic carbocycles.